The van der Waals surface area contributed by atoms with Gasteiger partial charge in [0.2, 0.25) is 0 Å². The standard InChI is InChI=1S/C22H21NO/c1-2-7-17(8-3-1)13-14-20-16-21(24-23-20)15-19-11-6-10-18-9-4-5-12-22(18)19/h1-12,16,21,23H,13-15H2. The van der Waals surface area contributed by atoms with Crippen LogP contribution < -0.4 is 5.48 Å². The van der Waals surface area contributed by atoms with Crippen molar-refractivity contribution in [3.05, 3.63) is 95.7 Å². The second-order valence-corrected chi connectivity index (χ2v) is 6.28. The van der Waals surface area contributed by atoms with Gasteiger partial charge in [0.15, 0.2) is 0 Å². The molecule has 24 heavy (non-hydrogen) atoms. The first-order valence-corrected chi connectivity index (χ1v) is 8.51. The molecule has 120 valence electrons. The van der Waals surface area contributed by atoms with E-state index in [9.17, 15) is 0 Å². The lowest BCUT2D eigenvalue weighted by molar-refractivity contribution is 0.0419. The molecule has 3 aromatic carbocycles. The lowest BCUT2D eigenvalue weighted by Gasteiger charge is -2.10. The van der Waals surface area contributed by atoms with Crippen molar-refractivity contribution in [2.75, 3.05) is 0 Å². The summed E-state index contributed by atoms with van der Waals surface area (Å²) in [6.45, 7) is 0. The van der Waals surface area contributed by atoms with Gasteiger partial charge in [0.25, 0.3) is 0 Å². The van der Waals surface area contributed by atoms with Gasteiger partial charge in [0.1, 0.15) is 6.10 Å². The number of allylic oxidation sites excluding steroid dienone is 1. The fourth-order valence-corrected chi connectivity index (χ4v) is 3.29. The maximum absolute atomic E-state index is 5.76. The van der Waals surface area contributed by atoms with E-state index in [4.69, 9.17) is 4.84 Å². The van der Waals surface area contributed by atoms with Gasteiger partial charge >= 0.3 is 0 Å². The first kappa shape index (κ1) is 15.0. The van der Waals surface area contributed by atoms with Crippen LogP contribution in [0.2, 0.25) is 0 Å². The Morgan fingerprint density at radius 1 is 0.792 bits per heavy atom. The Bertz CT molecular complexity index is 849. The van der Waals surface area contributed by atoms with Crippen LogP contribution in [0.25, 0.3) is 10.8 Å². The Balaban J connectivity index is 1.43. The number of fused-ring (bicyclic) bond motifs is 1. The van der Waals surface area contributed by atoms with Crippen LogP contribution in [0.5, 0.6) is 0 Å². The predicted molar refractivity (Wildman–Crippen MR) is 98.5 cm³/mol. The van der Waals surface area contributed by atoms with Crippen molar-refractivity contribution in [1.29, 1.82) is 0 Å². The smallest absolute Gasteiger partial charge is 0.109 e. The molecule has 0 amide bonds. The van der Waals surface area contributed by atoms with E-state index in [0.717, 1.165) is 19.3 Å². The Hall–Kier alpha value is -2.58. The summed E-state index contributed by atoms with van der Waals surface area (Å²) in [7, 11) is 0. The number of hydrogen-bond acceptors (Lipinski definition) is 2. The molecule has 1 N–H and O–H groups in total. The number of hydroxylamine groups is 1. The number of aryl methyl sites for hydroxylation is 1. The second-order valence-electron chi connectivity index (χ2n) is 6.28. The molecule has 0 spiro atoms. The van der Waals surface area contributed by atoms with Gasteiger partial charge in [-0.1, -0.05) is 72.8 Å². The Morgan fingerprint density at radius 3 is 2.50 bits per heavy atom. The van der Waals surface area contributed by atoms with Crippen molar-refractivity contribution in [3.8, 4) is 0 Å². The third-order valence-corrected chi connectivity index (χ3v) is 4.56. The van der Waals surface area contributed by atoms with Crippen LogP contribution in [0, 0.1) is 0 Å². The van der Waals surface area contributed by atoms with Crippen molar-refractivity contribution >= 4 is 10.8 Å². The van der Waals surface area contributed by atoms with Gasteiger partial charge in [0.05, 0.1) is 0 Å². The summed E-state index contributed by atoms with van der Waals surface area (Å²) in [6, 6.07) is 25.6. The molecule has 1 unspecified atom stereocenters. The first-order chi connectivity index (χ1) is 11.9. The summed E-state index contributed by atoms with van der Waals surface area (Å²) in [5.74, 6) is 0. The van der Waals surface area contributed by atoms with Crippen LogP contribution in [0.15, 0.2) is 84.6 Å². The van der Waals surface area contributed by atoms with Gasteiger partial charge < -0.3 is 0 Å². The van der Waals surface area contributed by atoms with Gasteiger partial charge in [0, 0.05) is 12.1 Å². The van der Waals surface area contributed by atoms with Crippen molar-refractivity contribution in [1.82, 2.24) is 5.48 Å². The van der Waals surface area contributed by atoms with E-state index in [1.165, 1.54) is 27.6 Å². The SMILES string of the molecule is C1=C(CCc2ccccc2)NOC1Cc1cccc2ccccc12. The molecule has 0 radical (unpaired) electrons. The molecule has 2 heteroatoms. The minimum absolute atomic E-state index is 0.0987. The summed E-state index contributed by atoms with van der Waals surface area (Å²) in [5.41, 5.74) is 6.98. The highest BCUT2D eigenvalue weighted by Crippen LogP contribution is 2.23. The predicted octanol–water partition coefficient (Wildman–Crippen LogP) is 4.80. The van der Waals surface area contributed by atoms with E-state index < -0.39 is 0 Å². The van der Waals surface area contributed by atoms with Crippen LogP contribution in [0.1, 0.15) is 17.5 Å². The summed E-state index contributed by atoms with van der Waals surface area (Å²) < 4.78 is 0. The largest absolute Gasteiger partial charge is 0.271 e. The Morgan fingerprint density at radius 2 is 1.58 bits per heavy atom. The molecule has 1 heterocycles. The van der Waals surface area contributed by atoms with Crippen LogP contribution in [-0.2, 0) is 17.7 Å². The third-order valence-electron chi connectivity index (χ3n) is 4.56. The summed E-state index contributed by atoms with van der Waals surface area (Å²) >= 11 is 0. The number of hydrogen-bond donors (Lipinski definition) is 1. The maximum atomic E-state index is 5.76. The lowest BCUT2D eigenvalue weighted by Crippen LogP contribution is -2.15. The number of benzene rings is 3. The van der Waals surface area contributed by atoms with E-state index >= 15 is 0 Å². The van der Waals surface area contributed by atoms with Gasteiger partial charge in [-0.3, -0.25) is 10.3 Å². The summed E-state index contributed by atoms with van der Waals surface area (Å²) in [5, 5.41) is 2.60. The van der Waals surface area contributed by atoms with Crippen LogP contribution in [-0.4, -0.2) is 6.10 Å². The van der Waals surface area contributed by atoms with Crippen LogP contribution in [0.4, 0.5) is 0 Å². The third kappa shape index (κ3) is 3.34. The average Bonchev–Trinajstić information content (AvgIpc) is 3.09. The zero-order chi connectivity index (χ0) is 16.2. The monoisotopic (exact) mass is 315 g/mol. The average molecular weight is 315 g/mol. The van der Waals surface area contributed by atoms with Gasteiger partial charge in [-0.2, -0.15) is 0 Å². The molecule has 4 rings (SSSR count). The van der Waals surface area contributed by atoms with Crippen molar-refractivity contribution in [3.63, 3.8) is 0 Å². The van der Waals surface area contributed by atoms with Crippen LogP contribution in [0.3, 0.4) is 0 Å². The molecule has 0 saturated heterocycles. The maximum Gasteiger partial charge on any atom is 0.109 e. The highest BCUT2D eigenvalue weighted by Gasteiger charge is 2.17. The minimum atomic E-state index is 0.0987. The van der Waals surface area contributed by atoms with Gasteiger partial charge in [-0.15, -0.1) is 0 Å². The Labute approximate surface area is 142 Å². The fraction of sp³-hybridized carbons (Fsp3) is 0.182. The van der Waals surface area contributed by atoms with Crippen molar-refractivity contribution in [2.24, 2.45) is 0 Å². The van der Waals surface area contributed by atoms with E-state index in [1.54, 1.807) is 0 Å². The lowest BCUT2D eigenvalue weighted by atomic mass is 9.99. The number of nitrogens with one attached hydrogen (secondary N) is 1. The van der Waals surface area contributed by atoms with Gasteiger partial charge in [-0.25, -0.2) is 0 Å². The molecule has 0 aromatic heterocycles. The van der Waals surface area contributed by atoms with E-state index in [2.05, 4.69) is 84.4 Å². The van der Waals surface area contributed by atoms with E-state index in [1.807, 2.05) is 0 Å². The van der Waals surface area contributed by atoms with Crippen molar-refractivity contribution in [2.45, 2.75) is 25.4 Å². The normalized spacial score (nSPS) is 16.8. The second kappa shape index (κ2) is 6.90. The Kier molecular flexibility index (Phi) is 4.30. The molecule has 1 aliphatic rings. The highest BCUT2D eigenvalue weighted by atomic mass is 16.7. The van der Waals surface area contributed by atoms with E-state index in [0.29, 0.717) is 0 Å². The molecule has 0 fully saturated rings. The highest BCUT2D eigenvalue weighted by molar-refractivity contribution is 5.85. The van der Waals surface area contributed by atoms with Crippen LogP contribution >= 0.6 is 0 Å². The van der Waals surface area contributed by atoms with Gasteiger partial charge in [-0.05, 0) is 40.8 Å². The molecule has 2 nitrogen and oxygen atoms in total. The molecule has 0 aliphatic carbocycles. The van der Waals surface area contributed by atoms with Crippen molar-refractivity contribution < 1.29 is 4.84 Å². The number of rotatable bonds is 5. The summed E-state index contributed by atoms with van der Waals surface area (Å²) in [6.07, 6.45) is 5.23. The molecule has 3 aromatic rings. The topological polar surface area (TPSA) is 21.3 Å². The molecule has 0 bridgehead atoms. The minimum Gasteiger partial charge on any atom is -0.271 e. The quantitative estimate of drug-likeness (QED) is 0.730. The first-order valence-electron chi connectivity index (χ1n) is 8.51. The molecular formula is C22H21NO. The van der Waals surface area contributed by atoms with E-state index in [-0.39, 0.29) is 6.10 Å². The molecule has 1 aliphatic heterocycles. The molecule has 1 atom stereocenters. The zero-order valence-electron chi connectivity index (χ0n) is 13.6. The molecule has 0 saturated carbocycles. The summed E-state index contributed by atoms with van der Waals surface area (Å²) in [4.78, 5) is 5.76. The zero-order valence-corrected chi connectivity index (χ0v) is 13.6. The fourth-order valence-electron chi connectivity index (χ4n) is 3.29. The molecular weight excluding hydrogens is 294 g/mol.